The average Bonchev–Trinajstić information content (AvgIpc) is 2.59. The van der Waals surface area contributed by atoms with E-state index < -0.39 is 0 Å². The molecular weight excluding hydrogens is 372 g/mol. The lowest BCUT2D eigenvalue weighted by Crippen LogP contribution is -2.20. The Morgan fingerprint density at radius 3 is 2.69 bits per heavy atom. The second kappa shape index (κ2) is 6.93. The molecule has 0 unspecified atom stereocenters. The van der Waals surface area contributed by atoms with Crippen molar-refractivity contribution in [3.05, 3.63) is 62.1 Å². The van der Waals surface area contributed by atoms with Gasteiger partial charge in [0.25, 0.3) is 11.5 Å². The first kappa shape index (κ1) is 18.2. The molecule has 0 saturated heterocycles. The minimum absolute atomic E-state index is 0.208. The SMILES string of the molecule is CN(C)c1c(Cl)cccc1NC(=O)c1ccc2c(=O)n(C)c(=S)[nH]c2c1. The molecule has 0 atom stereocenters. The van der Waals surface area contributed by atoms with E-state index in [0.717, 1.165) is 5.69 Å². The third-order valence-electron chi connectivity index (χ3n) is 4.05. The van der Waals surface area contributed by atoms with Gasteiger partial charge in [0.1, 0.15) is 0 Å². The summed E-state index contributed by atoms with van der Waals surface area (Å²) in [4.78, 5) is 29.7. The molecular formula is C18H17ClN4O2S. The minimum Gasteiger partial charge on any atom is -0.375 e. The maximum Gasteiger partial charge on any atom is 0.261 e. The number of halogens is 1. The zero-order valence-corrected chi connectivity index (χ0v) is 16.0. The second-order valence-corrected chi connectivity index (χ2v) is 6.83. The van der Waals surface area contributed by atoms with Gasteiger partial charge in [0.15, 0.2) is 4.77 Å². The number of H-pyrrole nitrogens is 1. The van der Waals surface area contributed by atoms with Gasteiger partial charge in [-0.2, -0.15) is 0 Å². The topological polar surface area (TPSA) is 70.1 Å². The number of carbonyl (C=O) groups excluding carboxylic acids is 1. The highest BCUT2D eigenvalue weighted by Crippen LogP contribution is 2.32. The number of carbonyl (C=O) groups is 1. The van der Waals surface area contributed by atoms with Crippen molar-refractivity contribution in [1.29, 1.82) is 0 Å². The maximum atomic E-state index is 12.7. The number of amides is 1. The first-order valence-electron chi connectivity index (χ1n) is 7.80. The van der Waals surface area contributed by atoms with E-state index in [1.807, 2.05) is 19.0 Å². The van der Waals surface area contributed by atoms with Crippen LogP contribution in [0.4, 0.5) is 11.4 Å². The molecule has 26 heavy (non-hydrogen) atoms. The molecule has 0 aliphatic carbocycles. The van der Waals surface area contributed by atoms with Gasteiger partial charge >= 0.3 is 0 Å². The normalized spacial score (nSPS) is 10.8. The van der Waals surface area contributed by atoms with E-state index in [-0.39, 0.29) is 11.5 Å². The fourth-order valence-electron chi connectivity index (χ4n) is 2.71. The van der Waals surface area contributed by atoms with Crippen LogP contribution in [0.25, 0.3) is 10.9 Å². The Balaban J connectivity index is 2.02. The number of para-hydroxylation sites is 1. The Morgan fingerprint density at radius 2 is 2.00 bits per heavy atom. The third kappa shape index (κ3) is 3.23. The summed E-state index contributed by atoms with van der Waals surface area (Å²) in [6, 6.07) is 10.1. The molecule has 1 amide bonds. The highest BCUT2D eigenvalue weighted by atomic mass is 35.5. The standard InChI is InChI=1S/C18H17ClN4O2S/c1-22(2)15-12(19)5-4-6-13(15)20-16(24)10-7-8-11-14(9-10)21-18(26)23(3)17(11)25/h4-9H,1-3H3,(H,20,24)(H,21,26). The Bertz CT molecular complexity index is 1130. The van der Waals surface area contributed by atoms with Crippen LogP contribution in [0.1, 0.15) is 10.4 Å². The van der Waals surface area contributed by atoms with E-state index in [1.54, 1.807) is 43.4 Å². The van der Waals surface area contributed by atoms with E-state index in [4.69, 9.17) is 23.8 Å². The van der Waals surface area contributed by atoms with Crippen LogP contribution in [-0.4, -0.2) is 29.6 Å². The van der Waals surface area contributed by atoms with Crippen molar-refractivity contribution in [2.24, 2.45) is 7.05 Å². The van der Waals surface area contributed by atoms with Crippen LogP contribution >= 0.6 is 23.8 Å². The van der Waals surface area contributed by atoms with Crippen molar-refractivity contribution in [2.75, 3.05) is 24.3 Å². The Morgan fingerprint density at radius 1 is 1.27 bits per heavy atom. The van der Waals surface area contributed by atoms with Crippen molar-refractivity contribution < 1.29 is 4.79 Å². The zero-order valence-electron chi connectivity index (χ0n) is 14.5. The number of nitrogens with one attached hydrogen (secondary N) is 2. The molecule has 2 aromatic carbocycles. The van der Waals surface area contributed by atoms with E-state index >= 15 is 0 Å². The maximum absolute atomic E-state index is 12.7. The zero-order chi connectivity index (χ0) is 19.0. The van der Waals surface area contributed by atoms with Crippen molar-refractivity contribution in [3.63, 3.8) is 0 Å². The van der Waals surface area contributed by atoms with E-state index in [0.29, 0.717) is 31.9 Å². The van der Waals surface area contributed by atoms with Gasteiger partial charge in [-0.3, -0.25) is 14.2 Å². The molecule has 6 nitrogen and oxygen atoms in total. The van der Waals surface area contributed by atoms with Crippen LogP contribution < -0.4 is 15.8 Å². The number of fused-ring (bicyclic) bond motifs is 1. The average molecular weight is 389 g/mol. The number of hydrogen-bond acceptors (Lipinski definition) is 4. The number of rotatable bonds is 3. The fraction of sp³-hybridized carbons (Fsp3) is 0.167. The van der Waals surface area contributed by atoms with Gasteiger partial charge in [0.05, 0.1) is 27.3 Å². The molecule has 1 aromatic heterocycles. The molecule has 0 bridgehead atoms. The molecule has 1 heterocycles. The quantitative estimate of drug-likeness (QED) is 0.673. The smallest absolute Gasteiger partial charge is 0.261 e. The van der Waals surface area contributed by atoms with Crippen molar-refractivity contribution >= 4 is 52.0 Å². The van der Waals surface area contributed by atoms with E-state index in [1.165, 1.54) is 4.57 Å². The van der Waals surface area contributed by atoms with E-state index in [9.17, 15) is 9.59 Å². The fourth-order valence-corrected chi connectivity index (χ4v) is 3.25. The number of nitrogens with zero attached hydrogens (tertiary/aromatic N) is 2. The van der Waals surface area contributed by atoms with Gasteiger partial charge in [-0.1, -0.05) is 17.7 Å². The molecule has 0 aliphatic rings. The summed E-state index contributed by atoms with van der Waals surface area (Å²) in [5.41, 5.74) is 2.03. The molecule has 3 rings (SSSR count). The van der Waals surface area contributed by atoms with Gasteiger partial charge in [0, 0.05) is 26.7 Å². The van der Waals surface area contributed by atoms with Gasteiger partial charge in [-0.15, -0.1) is 0 Å². The molecule has 0 saturated carbocycles. The lowest BCUT2D eigenvalue weighted by atomic mass is 10.1. The summed E-state index contributed by atoms with van der Waals surface area (Å²) in [5.74, 6) is -0.308. The van der Waals surface area contributed by atoms with Crippen LogP contribution in [-0.2, 0) is 7.05 Å². The van der Waals surface area contributed by atoms with Gasteiger partial charge in [-0.25, -0.2) is 0 Å². The first-order valence-corrected chi connectivity index (χ1v) is 8.58. The Hall–Kier alpha value is -2.64. The third-order valence-corrected chi connectivity index (χ3v) is 4.73. The van der Waals surface area contributed by atoms with Crippen molar-refractivity contribution in [3.8, 4) is 0 Å². The van der Waals surface area contributed by atoms with E-state index in [2.05, 4.69) is 10.3 Å². The molecule has 0 radical (unpaired) electrons. The highest BCUT2D eigenvalue weighted by molar-refractivity contribution is 7.71. The largest absolute Gasteiger partial charge is 0.375 e. The van der Waals surface area contributed by atoms with Gasteiger partial charge in [-0.05, 0) is 42.5 Å². The predicted molar refractivity (Wildman–Crippen MR) is 108 cm³/mol. The summed E-state index contributed by atoms with van der Waals surface area (Å²) < 4.78 is 1.65. The van der Waals surface area contributed by atoms with Gasteiger partial charge in [0.2, 0.25) is 0 Å². The summed E-state index contributed by atoms with van der Waals surface area (Å²) in [6.45, 7) is 0. The lowest BCUT2D eigenvalue weighted by Gasteiger charge is -2.19. The second-order valence-electron chi connectivity index (χ2n) is 6.04. The number of aromatic nitrogens is 2. The number of benzene rings is 2. The monoisotopic (exact) mass is 388 g/mol. The van der Waals surface area contributed by atoms with Crippen LogP contribution in [0.2, 0.25) is 5.02 Å². The van der Waals surface area contributed by atoms with Crippen LogP contribution in [0, 0.1) is 4.77 Å². The lowest BCUT2D eigenvalue weighted by molar-refractivity contribution is 0.102. The van der Waals surface area contributed by atoms with Crippen LogP contribution in [0.3, 0.4) is 0 Å². The molecule has 3 aromatic rings. The first-order chi connectivity index (χ1) is 12.3. The highest BCUT2D eigenvalue weighted by Gasteiger charge is 2.14. The number of anilines is 2. The van der Waals surface area contributed by atoms with Crippen molar-refractivity contribution in [2.45, 2.75) is 0 Å². The summed E-state index contributed by atoms with van der Waals surface area (Å²) in [7, 11) is 5.30. The molecule has 0 aliphatic heterocycles. The van der Waals surface area contributed by atoms with Crippen LogP contribution in [0.15, 0.2) is 41.2 Å². The summed E-state index contributed by atoms with van der Waals surface area (Å²) >= 11 is 11.4. The molecule has 134 valence electrons. The molecule has 8 heteroatoms. The summed E-state index contributed by atoms with van der Waals surface area (Å²) in [6.07, 6.45) is 0. The van der Waals surface area contributed by atoms with Crippen LogP contribution in [0.5, 0.6) is 0 Å². The van der Waals surface area contributed by atoms with Crippen molar-refractivity contribution in [1.82, 2.24) is 9.55 Å². The number of hydrogen-bond donors (Lipinski definition) is 2. The minimum atomic E-state index is -0.308. The Kier molecular flexibility index (Phi) is 4.84. The predicted octanol–water partition coefficient (Wildman–Crippen LogP) is 3.57. The molecule has 0 spiro atoms. The number of aromatic amines is 1. The summed E-state index contributed by atoms with van der Waals surface area (Å²) in [5, 5.41) is 3.87. The van der Waals surface area contributed by atoms with Gasteiger partial charge < -0.3 is 15.2 Å². The Labute approximate surface area is 160 Å². The molecule has 0 fully saturated rings. The molecule has 2 N–H and O–H groups in total.